The van der Waals surface area contributed by atoms with Crippen LogP contribution in [0.3, 0.4) is 0 Å². The molecule has 30 heavy (non-hydrogen) atoms. The second-order valence-electron chi connectivity index (χ2n) is 8.52. The van der Waals surface area contributed by atoms with Crippen molar-refractivity contribution in [2.24, 2.45) is 23.7 Å². The standard InChI is InChI=1S/C23H19F6N/c24-22(25,26)17-8-16(9-18(10-17)23(27,28)29)13-3-5-19(6-4-13)30-11-20-14-1-2-15(7-14)21(20)12-30/h1-6,8-10,14-15,20-21H,7,11-12H2. The van der Waals surface area contributed by atoms with E-state index >= 15 is 0 Å². The van der Waals surface area contributed by atoms with Crippen molar-refractivity contribution in [3.63, 3.8) is 0 Å². The van der Waals surface area contributed by atoms with Gasteiger partial charge < -0.3 is 4.90 Å². The Morgan fingerprint density at radius 1 is 0.667 bits per heavy atom. The molecular weight excluding hydrogens is 404 g/mol. The molecule has 1 aliphatic heterocycles. The van der Waals surface area contributed by atoms with Gasteiger partial charge in [0.1, 0.15) is 0 Å². The van der Waals surface area contributed by atoms with Crippen LogP contribution in [-0.2, 0) is 12.4 Å². The predicted molar refractivity (Wildman–Crippen MR) is 102 cm³/mol. The Morgan fingerprint density at radius 3 is 1.63 bits per heavy atom. The van der Waals surface area contributed by atoms with E-state index in [1.165, 1.54) is 6.42 Å². The summed E-state index contributed by atoms with van der Waals surface area (Å²) in [5, 5.41) is 0. The highest BCUT2D eigenvalue weighted by Crippen LogP contribution is 2.52. The van der Waals surface area contributed by atoms with Crippen molar-refractivity contribution in [2.45, 2.75) is 18.8 Å². The molecule has 0 spiro atoms. The lowest BCUT2D eigenvalue weighted by Gasteiger charge is -2.21. The molecular formula is C23H19F6N. The highest BCUT2D eigenvalue weighted by atomic mass is 19.4. The Kier molecular flexibility index (Phi) is 4.25. The number of benzene rings is 2. The van der Waals surface area contributed by atoms with Crippen LogP contribution in [0.25, 0.3) is 11.1 Å². The van der Waals surface area contributed by atoms with Crippen molar-refractivity contribution in [1.82, 2.24) is 0 Å². The number of fused-ring (bicyclic) bond motifs is 5. The zero-order valence-electron chi connectivity index (χ0n) is 15.8. The fourth-order valence-electron chi connectivity index (χ4n) is 5.35. The van der Waals surface area contributed by atoms with Gasteiger partial charge in [-0.15, -0.1) is 0 Å². The van der Waals surface area contributed by atoms with E-state index in [1.807, 2.05) is 0 Å². The number of anilines is 1. The lowest BCUT2D eigenvalue weighted by atomic mass is 9.86. The molecule has 2 fully saturated rings. The fourth-order valence-corrected chi connectivity index (χ4v) is 5.35. The summed E-state index contributed by atoms with van der Waals surface area (Å²) in [5.74, 6) is 2.54. The van der Waals surface area contributed by atoms with E-state index in [9.17, 15) is 26.3 Å². The van der Waals surface area contributed by atoms with Crippen LogP contribution in [0.15, 0.2) is 54.6 Å². The molecule has 2 aromatic rings. The maximum atomic E-state index is 13.1. The first-order valence-corrected chi connectivity index (χ1v) is 9.93. The van der Waals surface area contributed by atoms with Gasteiger partial charge in [0.25, 0.3) is 0 Å². The molecule has 1 saturated carbocycles. The van der Waals surface area contributed by atoms with Gasteiger partial charge in [-0.05, 0) is 71.6 Å². The third-order valence-electron chi connectivity index (χ3n) is 6.82. The minimum Gasteiger partial charge on any atom is -0.371 e. The van der Waals surface area contributed by atoms with Gasteiger partial charge in [-0.25, -0.2) is 0 Å². The predicted octanol–water partition coefficient (Wildman–Crippen LogP) is 6.65. The molecule has 3 aliphatic rings. The van der Waals surface area contributed by atoms with Crippen molar-refractivity contribution in [2.75, 3.05) is 18.0 Å². The first-order valence-electron chi connectivity index (χ1n) is 9.93. The zero-order chi connectivity index (χ0) is 21.3. The third kappa shape index (κ3) is 3.28. The summed E-state index contributed by atoms with van der Waals surface area (Å²) in [6.45, 7) is 1.88. The minimum absolute atomic E-state index is 0.0933. The second kappa shape index (κ2) is 6.53. The highest BCUT2D eigenvalue weighted by Gasteiger charge is 2.49. The molecule has 7 heteroatoms. The van der Waals surface area contributed by atoms with E-state index in [0.29, 0.717) is 29.2 Å². The Hall–Kier alpha value is -2.44. The largest absolute Gasteiger partial charge is 0.416 e. The van der Waals surface area contributed by atoms with Crippen LogP contribution in [-0.4, -0.2) is 13.1 Å². The second-order valence-corrected chi connectivity index (χ2v) is 8.52. The van der Waals surface area contributed by atoms with Crippen LogP contribution in [0, 0.1) is 23.7 Å². The minimum atomic E-state index is -4.85. The van der Waals surface area contributed by atoms with Crippen molar-refractivity contribution < 1.29 is 26.3 Å². The van der Waals surface area contributed by atoms with Crippen LogP contribution >= 0.6 is 0 Å². The smallest absolute Gasteiger partial charge is 0.371 e. The lowest BCUT2D eigenvalue weighted by molar-refractivity contribution is -0.143. The van der Waals surface area contributed by atoms with Crippen LogP contribution in [0.1, 0.15) is 17.5 Å². The van der Waals surface area contributed by atoms with E-state index in [1.54, 1.807) is 24.3 Å². The molecule has 5 rings (SSSR count). The molecule has 1 saturated heterocycles. The number of hydrogen-bond donors (Lipinski definition) is 0. The van der Waals surface area contributed by atoms with Gasteiger partial charge in [0, 0.05) is 18.8 Å². The number of rotatable bonds is 2. The summed E-state index contributed by atoms with van der Waals surface area (Å²) >= 11 is 0. The Bertz CT molecular complexity index is 936. The van der Waals surface area contributed by atoms with Crippen molar-refractivity contribution >= 4 is 5.69 Å². The van der Waals surface area contributed by atoms with Crippen molar-refractivity contribution in [3.8, 4) is 11.1 Å². The SMILES string of the molecule is FC(F)(F)c1cc(-c2ccc(N3CC4C5C=CC(C5)C4C3)cc2)cc(C(F)(F)F)c1. The van der Waals surface area contributed by atoms with E-state index in [0.717, 1.165) is 30.9 Å². The topological polar surface area (TPSA) is 3.24 Å². The molecule has 4 atom stereocenters. The van der Waals surface area contributed by atoms with Gasteiger partial charge in [0.2, 0.25) is 0 Å². The zero-order valence-corrected chi connectivity index (χ0v) is 15.8. The number of nitrogens with zero attached hydrogens (tertiary/aromatic N) is 1. The molecule has 1 nitrogen and oxygen atoms in total. The van der Waals surface area contributed by atoms with E-state index in [4.69, 9.17) is 0 Å². The summed E-state index contributed by atoms with van der Waals surface area (Å²) in [6, 6.07) is 8.49. The van der Waals surface area contributed by atoms with Gasteiger partial charge in [0.15, 0.2) is 0 Å². The maximum absolute atomic E-state index is 13.1. The van der Waals surface area contributed by atoms with E-state index in [2.05, 4.69) is 17.1 Å². The molecule has 1 heterocycles. The summed E-state index contributed by atoms with van der Waals surface area (Å²) in [5.41, 5.74) is -1.41. The molecule has 4 unspecified atom stereocenters. The van der Waals surface area contributed by atoms with Crippen LogP contribution in [0.4, 0.5) is 32.0 Å². The average molecular weight is 423 g/mol. The summed E-state index contributed by atoms with van der Waals surface area (Å²) in [4.78, 5) is 2.28. The number of allylic oxidation sites excluding steroid dienone is 2. The molecule has 2 bridgehead atoms. The summed E-state index contributed by atoms with van der Waals surface area (Å²) in [7, 11) is 0. The lowest BCUT2D eigenvalue weighted by Crippen LogP contribution is -2.22. The van der Waals surface area contributed by atoms with Gasteiger partial charge in [0.05, 0.1) is 11.1 Å². The first-order chi connectivity index (χ1) is 14.1. The first kappa shape index (κ1) is 19.5. The monoisotopic (exact) mass is 423 g/mol. The van der Waals surface area contributed by atoms with Gasteiger partial charge in [-0.1, -0.05) is 24.3 Å². The number of hydrogen-bond acceptors (Lipinski definition) is 1. The van der Waals surface area contributed by atoms with Crippen LogP contribution in [0.5, 0.6) is 0 Å². The van der Waals surface area contributed by atoms with Gasteiger partial charge >= 0.3 is 12.4 Å². The average Bonchev–Trinajstić information content (AvgIpc) is 3.40. The number of halogens is 6. The molecule has 2 aromatic carbocycles. The summed E-state index contributed by atoms with van der Waals surface area (Å²) in [6.07, 6.45) is -3.85. The molecule has 0 N–H and O–H groups in total. The van der Waals surface area contributed by atoms with E-state index in [-0.39, 0.29) is 11.6 Å². The summed E-state index contributed by atoms with van der Waals surface area (Å²) < 4.78 is 78.7. The van der Waals surface area contributed by atoms with Crippen LogP contribution < -0.4 is 4.90 Å². The third-order valence-corrected chi connectivity index (χ3v) is 6.82. The molecule has 158 valence electrons. The maximum Gasteiger partial charge on any atom is 0.416 e. The van der Waals surface area contributed by atoms with E-state index < -0.39 is 23.5 Å². The molecule has 0 aromatic heterocycles. The molecule has 0 radical (unpaired) electrons. The Labute approximate surface area is 170 Å². The quantitative estimate of drug-likeness (QED) is 0.386. The van der Waals surface area contributed by atoms with Gasteiger partial charge in [-0.2, -0.15) is 26.3 Å². The van der Waals surface area contributed by atoms with Gasteiger partial charge in [-0.3, -0.25) is 0 Å². The van der Waals surface area contributed by atoms with Crippen LogP contribution in [0.2, 0.25) is 0 Å². The Morgan fingerprint density at radius 2 is 1.17 bits per heavy atom. The number of alkyl halides is 6. The fraction of sp³-hybridized carbons (Fsp3) is 0.391. The normalized spacial score (nSPS) is 27.7. The van der Waals surface area contributed by atoms with Crippen molar-refractivity contribution in [3.05, 3.63) is 65.7 Å². The highest BCUT2D eigenvalue weighted by molar-refractivity contribution is 5.68. The van der Waals surface area contributed by atoms with Crippen molar-refractivity contribution in [1.29, 1.82) is 0 Å². The molecule has 2 aliphatic carbocycles. The molecule has 0 amide bonds. The Balaban J connectivity index is 1.42.